The van der Waals surface area contributed by atoms with Crippen LogP contribution in [0, 0.1) is 6.92 Å². The van der Waals surface area contributed by atoms with Gasteiger partial charge in [0.1, 0.15) is 0 Å². The zero-order chi connectivity index (χ0) is 23.9. The van der Waals surface area contributed by atoms with Crippen molar-refractivity contribution in [2.45, 2.75) is 51.9 Å². The number of fused-ring (bicyclic) bond motifs is 2. The Hall–Kier alpha value is -3.69. The Morgan fingerprint density at radius 3 is 2.80 bits per heavy atom. The van der Waals surface area contributed by atoms with Gasteiger partial charge in [-0.2, -0.15) is 0 Å². The minimum Gasteiger partial charge on any atom is -0.369 e. The van der Waals surface area contributed by atoms with Gasteiger partial charge in [-0.15, -0.1) is 5.53 Å². The number of piperidine rings is 1. The molecule has 2 atom stereocenters. The number of likely N-dealkylation sites (tertiary alicyclic amines) is 1. The van der Waals surface area contributed by atoms with Gasteiger partial charge in [0.25, 0.3) is 0 Å². The Bertz CT molecular complexity index is 1260. The van der Waals surface area contributed by atoms with Crippen LogP contribution in [0.25, 0.3) is 5.70 Å². The largest absolute Gasteiger partial charge is 0.369 e. The first kappa shape index (κ1) is 21.8. The van der Waals surface area contributed by atoms with E-state index in [2.05, 4.69) is 73.2 Å². The normalized spacial score (nSPS) is 21.1. The van der Waals surface area contributed by atoms with Crippen LogP contribution < -0.4 is 21.7 Å². The molecule has 0 spiro atoms. The average Bonchev–Trinajstić information content (AvgIpc) is 3.51. The topological polar surface area (TPSA) is 93.3 Å². The lowest BCUT2D eigenvalue weighted by Gasteiger charge is -2.43. The number of benzene rings is 1. The summed E-state index contributed by atoms with van der Waals surface area (Å²) in [7, 11) is 0. The molecule has 9 heteroatoms. The first-order chi connectivity index (χ1) is 17.0. The van der Waals surface area contributed by atoms with Crippen molar-refractivity contribution < 1.29 is 0 Å². The average molecular weight is 470 g/mol. The molecule has 0 aliphatic carbocycles. The lowest BCUT2D eigenvalue weighted by atomic mass is 9.95. The number of nitrogens with one attached hydrogen (secondary N) is 4. The Morgan fingerprint density at radius 1 is 1.09 bits per heavy atom. The van der Waals surface area contributed by atoms with Crippen molar-refractivity contribution in [2.24, 2.45) is 0 Å². The van der Waals surface area contributed by atoms with Crippen molar-refractivity contribution in [3.63, 3.8) is 0 Å². The third-order valence-corrected chi connectivity index (χ3v) is 7.31. The smallest absolute Gasteiger partial charge is 0.227 e. The molecule has 4 N–H and O–H groups in total. The van der Waals surface area contributed by atoms with Gasteiger partial charge in [-0.05, 0) is 56.5 Å². The van der Waals surface area contributed by atoms with Gasteiger partial charge < -0.3 is 21.1 Å². The van der Waals surface area contributed by atoms with Gasteiger partial charge in [-0.25, -0.2) is 9.97 Å². The SMILES string of the molecule is C=C(c1ccc2c(c1)NNN2)N1CC[C@H](N2Cc3cnc(Nc4ccc(C)nc4)nc3C2)C[C@H]1C. The van der Waals surface area contributed by atoms with E-state index in [1.54, 1.807) is 0 Å². The highest BCUT2D eigenvalue weighted by atomic mass is 15.6. The molecule has 2 aromatic heterocycles. The molecule has 1 fully saturated rings. The summed E-state index contributed by atoms with van der Waals surface area (Å²) in [5.41, 5.74) is 17.7. The Balaban J connectivity index is 1.09. The summed E-state index contributed by atoms with van der Waals surface area (Å²) < 4.78 is 0. The van der Waals surface area contributed by atoms with Gasteiger partial charge in [0.05, 0.1) is 29.0 Å². The molecule has 0 saturated carbocycles. The van der Waals surface area contributed by atoms with E-state index in [0.717, 1.165) is 72.2 Å². The first-order valence-electron chi connectivity index (χ1n) is 12.2. The highest BCUT2D eigenvalue weighted by Crippen LogP contribution is 2.35. The van der Waals surface area contributed by atoms with Crippen molar-refractivity contribution >= 4 is 28.7 Å². The number of hydrogen-bond donors (Lipinski definition) is 4. The molecule has 3 aliphatic rings. The maximum atomic E-state index is 4.81. The van der Waals surface area contributed by atoms with E-state index >= 15 is 0 Å². The standard InChI is InChI=1S/C26H31N9/c1-16-4-6-21(13-27-16)29-26-28-12-20-14-34(15-25(20)30-26)22-8-9-35(17(2)10-22)18(3)19-5-7-23-24(11-19)32-33-31-23/h4-7,11-13,17,22,31-33H,3,8-10,14-15H2,1-2H3,(H,28,29,30)/t17-,22+/m1/s1. The quantitative estimate of drug-likeness (QED) is 0.442. The summed E-state index contributed by atoms with van der Waals surface area (Å²) in [6.45, 7) is 11.5. The molecule has 5 heterocycles. The number of hydrogen-bond acceptors (Lipinski definition) is 9. The van der Waals surface area contributed by atoms with Gasteiger partial charge >= 0.3 is 0 Å². The maximum absolute atomic E-state index is 4.81. The third kappa shape index (κ3) is 4.28. The predicted octanol–water partition coefficient (Wildman–Crippen LogP) is 4.02. The zero-order valence-corrected chi connectivity index (χ0v) is 20.2. The maximum Gasteiger partial charge on any atom is 0.227 e. The van der Waals surface area contributed by atoms with Gasteiger partial charge in [-0.3, -0.25) is 9.88 Å². The minimum atomic E-state index is 0.416. The Kier molecular flexibility index (Phi) is 5.50. The highest BCUT2D eigenvalue weighted by Gasteiger charge is 2.33. The summed E-state index contributed by atoms with van der Waals surface area (Å²) in [6.07, 6.45) is 6.00. The lowest BCUT2D eigenvalue weighted by Crippen LogP contribution is -2.46. The van der Waals surface area contributed by atoms with Crippen LogP contribution in [0.2, 0.25) is 0 Å². The Morgan fingerprint density at radius 2 is 1.97 bits per heavy atom. The third-order valence-electron chi connectivity index (χ3n) is 7.31. The van der Waals surface area contributed by atoms with Gasteiger partial charge in [0, 0.05) is 54.9 Å². The van der Waals surface area contributed by atoms with Crippen molar-refractivity contribution in [3.05, 3.63) is 71.8 Å². The van der Waals surface area contributed by atoms with Gasteiger partial charge in [0.15, 0.2) is 0 Å². The van der Waals surface area contributed by atoms with Crippen LogP contribution >= 0.6 is 0 Å². The van der Waals surface area contributed by atoms with E-state index in [1.807, 2.05) is 31.5 Å². The number of pyridine rings is 1. The first-order valence-corrected chi connectivity index (χ1v) is 12.2. The summed E-state index contributed by atoms with van der Waals surface area (Å²) in [4.78, 5) is 18.7. The monoisotopic (exact) mass is 469 g/mol. The number of aromatic nitrogens is 3. The molecule has 180 valence electrons. The van der Waals surface area contributed by atoms with Crippen LogP contribution in [-0.4, -0.2) is 43.4 Å². The number of hydrazine groups is 2. The van der Waals surface area contributed by atoms with Crippen LogP contribution in [0.15, 0.2) is 49.3 Å². The number of nitrogens with zero attached hydrogens (tertiary/aromatic N) is 5. The molecule has 3 aromatic rings. The number of aryl methyl sites for hydroxylation is 1. The number of rotatable bonds is 5. The van der Waals surface area contributed by atoms with E-state index in [9.17, 15) is 0 Å². The van der Waals surface area contributed by atoms with Crippen LogP contribution in [-0.2, 0) is 13.1 Å². The summed E-state index contributed by atoms with van der Waals surface area (Å²) in [6, 6.07) is 11.3. The van der Waals surface area contributed by atoms with Crippen molar-refractivity contribution in [2.75, 3.05) is 22.7 Å². The molecule has 35 heavy (non-hydrogen) atoms. The summed E-state index contributed by atoms with van der Waals surface area (Å²) >= 11 is 0. The van der Waals surface area contributed by atoms with Gasteiger partial charge in [0.2, 0.25) is 5.95 Å². The fourth-order valence-corrected chi connectivity index (χ4v) is 5.32. The second-order valence-corrected chi connectivity index (χ2v) is 9.69. The molecule has 6 rings (SSSR count). The molecular weight excluding hydrogens is 438 g/mol. The van der Waals surface area contributed by atoms with E-state index in [-0.39, 0.29) is 0 Å². The van der Waals surface area contributed by atoms with E-state index in [1.165, 1.54) is 5.56 Å². The zero-order valence-electron chi connectivity index (χ0n) is 20.2. The van der Waals surface area contributed by atoms with Crippen LogP contribution in [0.1, 0.15) is 42.3 Å². The van der Waals surface area contributed by atoms with E-state index < -0.39 is 0 Å². The van der Waals surface area contributed by atoms with Crippen molar-refractivity contribution in [1.29, 1.82) is 0 Å². The van der Waals surface area contributed by atoms with Crippen molar-refractivity contribution in [3.8, 4) is 0 Å². The van der Waals surface area contributed by atoms with E-state index in [0.29, 0.717) is 18.0 Å². The van der Waals surface area contributed by atoms with Crippen LogP contribution in [0.3, 0.4) is 0 Å². The summed E-state index contributed by atoms with van der Waals surface area (Å²) in [5, 5.41) is 3.28. The minimum absolute atomic E-state index is 0.416. The molecular formula is C26H31N9. The Labute approximate surface area is 205 Å². The van der Waals surface area contributed by atoms with Crippen LogP contribution in [0.4, 0.5) is 23.0 Å². The predicted molar refractivity (Wildman–Crippen MR) is 139 cm³/mol. The van der Waals surface area contributed by atoms with Gasteiger partial charge in [-0.1, -0.05) is 12.6 Å². The molecule has 0 unspecified atom stereocenters. The molecule has 0 radical (unpaired) electrons. The van der Waals surface area contributed by atoms with E-state index in [4.69, 9.17) is 4.98 Å². The van der Waals surface area contributed by atoms with Crippen LogP contribution in [0.5, 0.6) is 0 Å². The molecule has 0 bridgehead atoms. The fraction of sp³-hybridized carbons (Fsp3) is 0.346. The number of anilines is 4. The summed E-state index contributed by atoms with van der Waals surface area (Å²) in [5.74, 6) is 0.630. The van der Waals surface area contributed by atoms with Crippen molar-refractivity contribution in [1.82, 2.24) is 30.3 Å². The lowest BCUT2D eigenvalue weighted by molar-refractivity contribution is 0.102. The molecule has 3 aliphatic heterocycles. The molecule has 1 saturated heterocycles. The fourth-order valence-electron chi connectivity index (χ4n) is 5.32. The molecule has 9 nitrogen and oxygen atoms in total. The highest BCUT2D eigenvalue weighted by molar-refractivity contribution is 5.77. The second-order valence-electron chi connectivity index (χ2n) is 9.69. The molecule has 0 amide bonds. The molecule has 1 aromatic carbocycles. The second kappa shape index (κ2) is 8.83.